The number of esters is 4. The van der Waals surface area contributed by atoms with Gasteiger partial charge in [0.25, 0.3) is 0 Å². The van der Waals surface area contributed by atoms with Gasteiger partial charge >= 0.3 is 47.8 Å². The maximum atomic E-state index is 12.7. The maximum absolute atomic E-state index is 12.7. The van der Waals surface area contributed by atoms with Crippen molar-refractivity contribution in [2.75, 3.05) is 42.4 Å². The topological polar surface area (TPSA) is 309 Å². The Hall–Kier alpha value is -4.55. The number of alkyl halides is 3. The van der Waals surface area contributed by atoms with Gasteiger partial charge in [-0.15, -0.1) is 0 Å². The van der Waals surface area contributed by atoms with Crippen LogP contribution in [0.5, 0.6) is 0 Å². The van der Waals surface area contributed by atoms with Gasteiger partial charge in [-0.25, -0.2) is 0 Å². The van der Waals surface area contributed by atoms with Gasteiger partial charge in [-0.2, -0.15) is 0 Å². The van der Waals surface area contributed by atoms with E-state index in [2.05, 4.69) is 75.5 Å². The summed E-state index contributed by atoms with van der Waals surface area (Å²) < 4.78 is 118. The molecule has 0 spiro atoms. The number of hydrogen-bond donors (Lipinski definition) is 5. The van der Waals surface area contributed by atoms with Gasteiger partial charge in [0.1, 0.15) is 11.6 Å². The number of Topliss-reactive ketones (excluding diaryl/α,β-unsaturated/α-hetero) is 2. The first-order valence-electron chi connectivity index (χ1n) is 51.2. The van der Waals surface area contributed by atoms with Crippen molar-refractivity contribution in [1.29, 1.82) is 0 Å². The Morgan fingerprint density at radius 3 is 0.662 bits per heavy atom. The zero-order valence-corrected chi connectivity index (χ0v) is 89.0. The maximum Gasteiger partial charge on any atom is 0.312 e. The normalized spacial score (nSPS) is 16.9. The average molecular weight is 2240 g/mol. The number of carboxylic acids is 4. The van der Waals surface area contributed by atoms with Gasteiger partial charge in [0.2, 0.25) is 0 Å². The molecule has 0 amide bonds. The average Bonchev–Trinajstić information content (AvgIpc) is 1.72. The van der Waals surface area contributed by atoms with Crippen LogP contribution >= 0.6 is 47.8 Å². The van der Waals surface area contributed by atoms with Crippen molar-refractivity contribution in [2.45, 2.75) is 498 Å². The zero-order chi connectivity index (χ0) is 103. The number of unbranched alkanes of at least 4 members (excludes halogenated alkanes) is 12. The van der Waals surface area contributed by atoms with Crippen LogP contribution in [0, 0.1) is 43.8 Å². The number of aliphatic carboxylic acids is 4. The lowest BCUT2D eigenvalue weighted by Gasteiger charge is -2.27. The molecule has 8 fully saturated rings. The predicted molar refractivity (Wildman–Crippen MR) is 532 cm³/mol. The molecule has 0 aromatic carbocycles. The van der Waals surface area contributed by atoms with Crippen molar-refractivity contribution in [3.05, 3.63) is 0 Å². The van der Waals surface area contributed by atoms with Crippen molar-refractivity contribution in [1.82, 2.24) is 0 Å². The summed E-state index contributed by atoms with van der Waals surface area (Å²) in [7, 11) is 0. The molecule has 8 aliphatic rings. The monoisotopic (exact) mass is 2240 g/mol. The fraction of sp³-hybridized carbons (Fsp3) is 0.902. The first kappa shape index (κ1) is 152. The lowest BCUT2D eigenvalue weighted by atomic mass is 9.80. The molecule has 19 nitrogen and oxygen atoms in total. The molecule has 0 atom stereocenters. The Kier molecular flexibility index (Phi) is 109. The fourth-order valence-electron chi connectivity index (χ4n) is 20.3. The minimum Gasteiger partial charge on any atom is -0.481 e. The van der Waals surface area contributed by atoms with Crippen LogP contribution in [-0.4, -0.2) is 133 Å². The number of carboxylic acid groups (broad SMARTS) is 4. The number of hydrogen-bond acceptors (Lipinski definition) is 15. The van der Waals surface area contributed by atoms with Gasteiger partial charge in [0.05, 0.1) is 76.4 Å². The van der Waals surface area contributed by atoms with Gasteiger partial charge in [-0.3, -0.25) is 62.1 Å². The molecule has 0 bridgehead atoms. The van der Waals surface area contributed by atoms with Crippen LogP contribution in [-0.2, 0) is 66.9 Å². The van der Waals surface area contributed by atoms with Crippen LogP contribution in [0.15, 0.2) is 0 Å². The third-order valence-electron chi connectivity index (χ3n) is 28.5. The molecule has 0 aromatic heterocycles. The number of halogens is 18. The van der Waals surface area contributed by atoms with Gasteiger partial charge < -0.3 is 44.5 Å². The number of carbonyl (C=O) groups excluding carboxylic acids is 6. The van der Waals surface area contributed by atoms with E-state index in [0.29, 0.717) is 70.7 Å². The van der Waals surface area contributed by atoms with E-state index in [4.69, 9.17) is 73.8 Å². The smallest absolute Gasteiger partial charge is 0.312 e. The van der Waals surface area contributed by atoms with Crippen LogP contribution < -0.4 is 0 Å². The van der Waals surface area contributed by atoms with Crippen molar-refractivity contribution in [3.63, 3.8) is 0 Å². The second-order valence-corrected chi connectivity index (χ2v) is 40.3. The summed E-state index contributed by atoms with van der Waals surface area (Å²) in [5.41, 5.74) is -2.79. The van der Waals surface area contributed by atoms with E-state index in [0.717, 1.165) is 382 Å². The largest absolute Gasteiger partial charge is 0.481 e. The predicted octanol–water partition coefficient (Wildman–Crippen LogP) is 33.9. The van der Waals surface area contributed by atoms with E-state index < -0.39 is 45.5 Å². The molecule has 0 aromatic rings. The molecular formula is C102H184Br3F15O19. The van der Waals surface area contributed by atoms with Crippen molar-refractivity contribution in [2.24, 2.45) is 43.8 Å². The highest BCUT2D eigenvalue weighted by Crippen LogP contribution is 2.49. The van der Waals surface area contributed by atoms with E-state index in [1.165, 1.54) is 38.5 Å². The van der Waals surface area contributed by atoms with Crippen molar-refractivity contribution >= 4 is 107 Å². The van der Waals surface area contributed by atoms with E-state index in [1.807, 2.05) is 13.8 Å². The Bertz CT molecular complexity index is 2760. The lowest BCUT2D eigenvalue weighted by Crippen LogP contribution is -2.30. The lowest BCUT2D eigenvalue weighted by molar-refractivity contribution is -0.157. The molecule has 832 valence electrons. The van der Waals surface area contributed by atoms with Crippen LogP contribution in [0.1, 0.15) is 492 Å². The first-order valence-corrected chi connectivity index (χ1v) is 54.5. The number of rotatable bonds is 57. The quantitative estimate of drug-likeness (QED) is 0.0124. The summed E-state index contributed by atoms with van der Waals surface area (Å²) >= 11 is 10.1. The second kappa shape index (κ2) is 99.4. The van der Waals surface area contributed by atoms with E-state index in [-0.39, 0.29) is 79.5 Å². The number of aliphatic hydroxyl groups is 1. The Labute approximate surface area is 848 Å². The highest BCUT2D eigenvalue weighted by atomic mass is 79.9. The molecule has 0 aliphatic heterocycles. The molecule has 37 heteroatoms. The van der Waals surface area contributed by atoms with Crippen molar-refractivity contribution in [3.8, 4) is 0 Å². The number of aliphatic hydroxyl groups excluding tert-OH is 1. The summed E-state index contributed by atoms with van der Waals surface area (Å²) in [6.07, 6.45) is 63.6. The SMILES string of the molecule is BrCCCCBr.C.CC.CCCCOC(=O)C1(CCCCBr)CCCC1.CCCCOC(=O)C1(CCCCC(=O)CCCCC2(C(=O)OCCCC)CCCC2)CCCC1.CCCCOC(=O)C1CCCC1.F.F.F.FF.FF.FF.FF.FF.FF.O=C(CCCCC1(C(=O)O)CCCC1)CCCCC1(C(=O)O)CCCC1.O=C(O)C1(CCCCC(O)CCCCC2(C(=O)O)CCCC2)CCCC1. The highest BCUT2D eigenvalue weighted by molar-refractivity contribution is 9.09. The number of ketones is 2. The fourth-order valence-corrected chi connectivity index (χ4v) is 21.5. The van der Waals surface area contributed by atoms with Crippen LogP contribution in [0.25, 0.3) is 0 Å². The van der Waals surface area contributed by atoms with Gasteiger partial charge in [0.15, 0.2) is 0 Å². The summed E-state index contributed by atoms with van der Waals surface area (Å²) in [5, 5.41) is 51.3. The molecule has 8 aliphatic carbocycles. The molecule has 5 N–H and O–H groups in total. The molecule has 0 unspecified atom stereocenters. The molecular weight excluding hydrogens is 2050 g/mol. The minimum atomic E-state index is -0.666. The van der Waals surface area contributed by atoms with Crippen molar-refractivity contribution < 1.29 is 161 Å². The van der Waals surface area contributed by atoms with Gasteiger partial charge in [-0.1, -0.05) is 283 Å². The summed E-state index contributed by atoms with van der Waals surface area (Å²) in [4.78, 5) is 119. The molecule has 8 saturated carbocycles. The molecule has 0 saturated heterocycles. The van der Waals surface area contributed by atoms with Gasteiger partial charge in [0, 0.05) is 96.6 Å². The Balaban J connectivity index is -0.000000211. The van der Waals surface area contributed by atoms with Gasteiger partial charge in [-0.05, 0) is 231 Å². The molecule has 0 radical (unpaired) electrons. The Morgan fingerprint density at radius 2 is 0.460 bits per heavy atom. The standard InChI is InChI=1S/C29H50O5.C21H36O5.C21H34O5.C14H25BrO2.C10H18O2.C4H8Br2.C2H6.CH4.6F2.3FH/c1-3-5-23-33-26(31)28(19-11-12-20-28)17-9-7-15-25(30)16-8-10-18-29(21-13-14-22-29)27(32)34-24-6-4-2;2*22-17(9-1-3-11-20(18(23)24)13-5-6-14-20)10-2-4-12-21(19(25)26)15-7-8-16-21;1-2-3-12-17-13(16)14(8-4-5-9-14)10-6-7-11-15;1-2-3-8-12-10(11)9-6-4-5-7-9;5-3-1-2-4-6;1-2;;6*1-2;;;/h3-24H2,1-2H3;17,22H,1-16H2,(H,23,24)(H,25,26);1-16H2,(H,23,24)(H,25,26);2-12H2,1H3;9H,2-8H2,1H3;1-4H2;1-2H3;1H4;;;;;;;3*1H. The van der Waals surface area contributed by atoms with Crippen LogP contribution in [0.4, 0.5) is 69.0 Å². The third kappa shape index (κ3) is 64.9. The zero-order valence-electron chi connectivity index (χ0n) is 84.2. The van der Waals surface area contributed by atoms with E-state index in [9.17, 15) is 73.5 Å². The number of ether oxygens (including phenoxy) is 4. The van der Waals surface area contributed by atoms with Crippen LogP contribution in [0.2, 0.25) is 0 Å². The molecule has 8 rings (SSSR count). The summed E-state index contributed by atoms with van der Waals surface area (Å²) in [6.45, 7) is 14.7. The highest BCUT2D eigenvalue weighted by Gasteiger charge is 2.47. The summed E-state index contributed by atoms with van der Waals surface area (Å²) in [6, 6.07) is 0. The Morgan fingerprint density at radius 1 is 0.281 bits per heavy atom. The second-order valence-electron chi connectivity index (χ2n) is 37.9. The third-order valence-corrected chi connectivity index (χ3v) is 30.2. The minimum absolute atomic E-state index is 0. The summed E-state index contributed by atoms with van der Waals surface area (Å²) in [5.74, 6) is -1.72. The van der Waals surface area contributed by atoms with E-state index >= 15 is 0 Å². The molecule has 139 heavy (non-hydrogen) atoms. The number of carbonyl (C=O) groups is 10. The van der Waals surface area contributed by atoms with E-state index in [1.54, 1.807) is 0 Å². The van der Waals surface area contributed by atoms with Crippen LogP contribution in [0.3, 0.4) is 0 Å². The first-order chi connectivity index (χ1) is 65.3. The molecule has 0 heterocycles.